The summed E-state index contributed by atoms with van der Waals surface area (Å²) in [6.07, 6.45) is -11.1. The van der Waals surface area contributed by atoms with Crippen LogP contribution >= 0.6 is 0 Å². The topological polar surface area (TPSA) is 17.1 Å². The zero-order valence-electron chi connectivity index (χ0n) is 7.45. The molecule has 88 valence electrons. The van der Waals surface area contributed by atoms with Crippen molar-refractivity contribution in [1.82, 2.24) is 0 Å². The number of Topliss-reactive ketones (excluding diaryl/α,β-unsaturated/α-hetero) is 1. The molecule has 0 fully saturated rings. The molecule has 0 radical (unpaired) electrons. The van der Waals surface area contributed by atoms with Gasteiger partial charge in [0.05, 0.1) is 0 Å². The second kappa shape index (κ2) is 4.67. The van der Waals surface area contributed by atoms with Crippen molar-refractivity contribution in [3.8, 4) is 0 Å². The Morgan fingerprint density at radius 3 is 1.80 bits per heavy atom. The highest BCUT2D eigenvalue weighted by Gasteiger charge is 2.60. The van der Waals surface area contributed by atoms with Crippen molar-refractivity contribution in [3.05, 3.63) is 12.7 Å². The molecule has 0 aromatic carbocycles. The Labute approximate surface area is 81.8 Å². The van der Waals surface area contributed by atoms with Crippen LogP contribution < -0.4 is 0 Å². The van der Waals surface area contributed by atoms with E-state index in [1.165, 1.54) is 0 Å². The lowest BCUT2D eigenvalue weighted by Gasteiger charge is -2.21. The minimum Gasteiger partial charge on any atom is -0.299 e. The number of halogens is 6. The number of rotatable bonds is 4. The number of carbonyl (C=O) groups is 1. The molecular formula is C8H8F6O. The second-order valence-corrected chi connectivity index (χ2v) is 2.81. The highest BCUT2D eigenvalue weighted by Crippen LogP contribution is 2.40. The van der Waals surface area contributed by atoms with Gasteiger partial charge in [-0.25, -0.2) is 0 Å². The van der Waals surface area contributed by atoms with Gasteiger partial charge in [0.15, 0.2) is 5.78 Å². The number of allylic oxidation sites excluding steroid dienone is 1. The van der Waals surface area contributed by atoms with E-state index >= 15 is 0 Å². The Bertz CT molecular complexity index is 224. The summed E-state index contributed by atoms with van der Waals surface area (Å²) in [6.45, 7) is 3.10. The molecule has 0 bridgehead atoms. The van der Waals surface area contributed by atoms with Crippen molar-refractivity contribution in [3.63, 3.8) is 0 Å². The number of ketones is 1. The van der Waals surface area contributed by atoms with Crippen LogP contribution in [0.2, 0.25) is 0 Å². The summed E-state index contributed by atoms with van der Waals surface area (Å²) in [4.78, 5) is 10.7. The molecule has 0 aliphatic carbocycles. The van der Waals surface area contributed by atoms with Gasteiger partial charge in [0, 0.05) is 6.42 Å². The van der Waals surface area contributed by atoms with Gasteiger partial charge in [0.25, 0.3) is 0 Å². The molecule has 1 nitrogen and oxygen atoms in total. The zero-order valence-corrected chi connectivity index (χ0v) is 7.45. The van der Waals surface area contributed by atoms with Crippen LogP contribution in [0.1, 0.15) is 12.8 Å². The van der Waals surface area contributed by atoms with Gasteiger partial charge in [-0.05, 0) is 6.42 Å². The Morgan fingerprint density at radius 2 is 1.53 bits per heavy atom. The highest BCUT2D eigenvalue weighted by atomic mass is 19.4. The SMILES string of the molecule is C=CCCC(=O)C(C(F)(F)F)C(F)(F)F. The van der Waals surface area contributed by atoms with Gasteiger partial charge in [-0.3, -0.25) is 4.79 Å². The number of carbonyl (C=O) groups excluding carboxylic acids is 1. The molecule has 0 saturated heterocycles. The fourth-order valence-corrected chi connectivity index (χ4v) is 0.939. The van der Waals surface area contributed by atoms with Crippen LogP contribution in [0.3, 0.4) is 0 Å². The van der Waals surface area contributed by atoms with Gasteiger partial charge in [-0.15, -0.1) is 6.58 Å². The van der Waals surface area contributed by atoms with Crippen LogP contribution in [0.25, 0.3) is 0 Å². The molecule has 0 heterocycles. The first kappa shape index (κ1) is 14.0. The number of hydrogen-bond donors (Lipinski definition) is 0. The van der Waals surface area contributed by atoms with Gasteiger partial charge >= 0.3 is 12.4 Å². The Kier molecular flexibility index (Phi) is 4.36. The summed E-state index contributed by atoms with van der Waals surface area (Å²) in [5.41, 5.74) is 0. The Balaban J connectivity index is 4.81. The van der Waals surface area contributed by atoms with Gasteiger partial charge < -0.3 is 0 Å². The van der Waals surface area contributed by atoms with Crippen molar-refractivity contribution < 1.29 is 31.1 Å². The van der Waals surface area contributed by atoms with E-state index in [0.29, 0.717) is 0 Å². The lowest BCUT2D eigenvalue weighted by atomic mass is 9.99. The lowest BCUT2D eigenvalue weighted by molar-refractivity contribution is -0.273. The van der Waals surface area contributed by atoms with E-state index in [4.69, 9.17) is 0 Å². The molecule has 0 rings (SSSR count). The summed E-state index contributed by atoms with van der Waals surface area (Å²) in [5, 5.41) is 0. The normalized spacial score (nSPS) is 13.0. The molecule has 0 spiro atoms. The average molecular weight is 234 g/mol. The molecule has 7 heteroatoms. The summed E-state index contributed by atoms with van der Waals surface area (Å²) >= 11 is 0. The zero-order chi connectivity index (χ0) is 12.3. The quantitative estimate of drug-likeness (QED) is 0.539. The lowest BCUT2D eigenvalue weighted by Crippen LogP contribution is -2.42. The maximum absolute atomic E-state index is 11.9. The standard InChI is InChI=1S/C8H8F6O/c1-2-3-4-5(15)6(7(9,10)11)8(12,13)14/h2,6H,1,3-4H2. The van der Waals surface area contributed by atoms with Gasteiger partial charge in [-0.2, -0.15) is 26.3 Å². The van der Waals surface area contributed by atoms with Crippen molar-refractivity contribution in [2.75, 3.05) is 0 Å². The molecule has 0 saturated carbocycles. The minimum atomic E-state index is -5.59. The van der Waals surface area contributed by atoms with Crippen molar-refractivity contribution in [1.29, 1.82) is 0 Å². The first-order chi connectivity index (χ1) is 6.60. The molecule has 0 unspecified atom stereocenters. The molecule has 0 atom stereocenters. The smallest absolute Gasteiger partial charge is 0.299 e. The van der Waals surface area contributed by atoms with E-state index < -0.39 is 30.5 Å². The maximum atomic E-state index is 11.9. The van der Waals surface area contributed by atoms with E-state index in [0.717, 1.165) is 6.08 Å². The van der Waals surface area contributed by atoms with Crippen molar-refractivity contribution >= 4 is 5.78 Å². The van der Waals surface area contributed by atoms with Crippen molar-refractivity contribution in [2.45, 2.75) is 25.2 Å². The van der Waals surface area contributed by atoms with Gasteiger partial charge in [-0.1, -0.05) is 6.08 Å². The Morgan fingerprint density at radius 1 is 1.13 bits per heavy atom. The van der Waals surface area contributed by atoms with Crippen LogP contribution in [-0.2, 0) is 4.79 Å². The molecule has 0 N–H and O–H groups in total. The molecular weight excluding hydrogens is 226 g/mol. The van der Waals surface area contributed by atoms with Crippen LogP contribution in [0, 0.1) is 5.92 Å². The fourth-order valence-electron chi connectivity index (χ4n) is 0.939. The van der Waals surface area contributed by atoms with E-state index in [9.17, 15) is 31.1 Å². The number of alkyl halides is 6. The van der Waals surface area contributed by atoms with E-state index in [-0.39, 0.29) is 6.42 Å². The summed E-state index contributed by atoms with van der Waals surface area (Å²) < 4.78 is 71.6. The molecule has 0 aromatic heterocycles. The first-order valence-electron chi connectivity index (χ1n) is 3.87. The molecule has 0 amide bonds. The monoisotopic (exact) mass is 234 g/mol. The molecule has 0 aliphatic heterocycles. The predicted octanol–water partition coefficient (Wildman–Crippen LogP) is 3.26. The van der Waals surface area contributed by atoms with Crippen LogP contribution in [-0.4, -0.2) is 18.1 Å². The summed E-state index contributed by atoms with van der Waals surface area (Å²) in [5.74, 6) is -5.76. The minimum absolute atomic E-state index is 0.207. The maximum Gasteiger partial charge on any atom is 0.407 e. The first-order valence-corrected chi connectivity index (χ1v) is 3.87. The van der Waals surface area contributed by atoms with Crippen LogP contribution in [0.15, 0.2) is 12.7 Å². The van der Waals surface area contributed by atoms with E-state index in [1.54, 1.807) is 0 Å². The van der Waals surface area contributed by atoms with Gasteiger partial charge in [0.2, 0.25) is 5.92 Å². The van der Waals surface area contributed by atoms with Crippen LogP contribution in [0.5, 0.6) is 0 Å². The third-order valence-electron chi connectivity index (χ3n) is 1.57. The Hall–Kier alpha value is -1.01. The fraction of sp³-hybridized carbons (Fsp3) is 0.625. The largest absolute Gasteiger partial charge is 0.407 e. The third-order valence-corrected chi connectivity index (χ3v) is 1.57. The average Bonchev–Trinajstić information content (AvgIpc) is 1.94. The van der Waals surface area contributed by atoms with Crippen LogP contribution in [0.4, 0.5) is 26.3 Å². The number of hydrogen-bond acceptors (Lipinski definition) is 1. The second-order valence-electron chi connectivity index (χ2n) is 2.81. The molecule has 0 aliphatic rings. The predicted molar refractivity (Wildman–Crippen MR) is 40.0 cm³/mol. The van der Waals surface area contributed by atoms with E-state index in [2.05, 4.69) is 6.58 Å². The summed E-state index contributed by atoms with van der Waals surface area (Å²) in [6, 6.07) is 0. The molecule has 0 aromatic rings. The van der Waals surface area contributed by atoms with Crippen molar-refractivity contribution in [2.24, 2.45) is 5.92 Å². The third kappa shape index (κ3) is 4.35. The molecule has 15 heavy (non-hydrogen) atoms. The summed E-state index contributed by atoms with van der Waals surface area (Å²) in [7, 11) is 0. The van der Waals surface area contributed by atoms with Gasteiger partial charge in [0.1, 0.15) is 0 Å². The highest BCUT2D eigenvalue weighted by molar-refractivity contribution is 5.82. The van der Waals surface area contributed by atoms with E-state index in [1.807, 2.05) is 0 Å².